The van der Waals surface area contributed by atoms with Gasteiger partial charge in [0.25, 0.3) is 0 Å². The Bertz CT molecular complexity index is 972. The average molecular weight is 388 g/mol. The maximum Gasteiger partial charge on any atom is 0.397 e. The summed E-state index contributed by atoms with van der Waals surface area (Å²) in [4.78, 5) is 23.2. The molecular formula is C19H20N2O5S. The highest BCUT2D eigenvalue weighted by Crippen LogP contribution is 2.26. The smallest absolute Gasteiger partial charge is 0.397 e. The number of anilines is 1. The lowest BCUT2D eigenvalue weighted by atomic mass is 10.0. The largest absolute Gasteiger partial charge is 0.459 e. The van der Waals surface area contributed by atoms with E-state index in [4.69, 9.17) is 0 Å². The minimum Gasteiger partial charge on any atom is -0.459 e. The molecule has 0 aliphatic carbocycles. The van der Waals surface area contributed by atoms with Crippen molar-refractivity contribution in [2.45, 2.75) is 24.8 Å². The third kappa shape index (κ3) is 4.17. The van der Waals surface area contributed by atoms with Gasteiger partial charge in [0.1, 0.15) is 0 Å². The first-order chi connectivity index (χ1) is 12.9. The molecule has 27 heavy (non-hydrogen) atoms. The molecule has 0 radical (unpaired) electrons. The van der Waals surface area contributed by atoms with Crippen LogP contribution in [0.5, 0.6) is 0 Å². The van der Waals surface area contributed by atoms with Gasteiger partial charge in [-0.2, -0.15) is 4.31 Å². The molecule has 1 aliphatic heterocycles. The number of ether oxygens (including phenoxy) is 1. The highest BCUT2D eigenvalue weighted by molar-refractivity contribution is 7.89. The summed E-state index contributed by atoms with van der Waals surface area (Å²) in [5.74, 6) is -1.96. The van der Waals surface area contributed by atoms with Crippen LogP contribution < -0.4 is 5.32 Å². The summed E-state index contributed by atoms with van der Waals surface area (Å²) >= 11 is 0. The van der Waals surface area contributed by atoms with Gasteiger partial charge in [0, 0.05) is 18.8 Å². The molecule has 0 atom stereocenters. The van der Waals surface area contributed by atoms with E-state index >= 15 is 0 Å². The lowest BCUT2D eigenvalue weighted by molar-refractivity contribution is -0.152. The molecule has 1 N–H and O–H groups in total. The Morgan fingerprint density at radius 2 is 1.85 bits per heavy atom. The van der Waals surface area contributed by atoms with Crippen LogP contribution in [0.25, 0.3) is 0 Å². The summed E-state index contributed by atoms with van der Waals surface area (Å²) in [6, 6.07) is 13.6. The monoisotopic (exact) mass is 388 g/mol. The number of amides is 1. The van der Waals surface area contributed by atoms with Gasteiger partial charge in [0.05, 0.1) is 11.5 Å². The van der Waals surface area contributed by atoms with Gasteiger partial charge >= 0.3 is 11.9 Å². The molecule has 0 spiro atoms. The first-order valence-electron chi connectivity index (χ1n) is 8.57. The van der Waals surface area contributed by atoms with E-state index in [1.54, 1.807) is 6.92 Å². The highest BCUT2D eigenvalue weighted by Gasteiger charge is 2.28. The highest BCUT2D eigenvalue weighted by atomic mass is 32.2. The Kier molecular flexibility index (Phi) is 5.57. The van der Waals surface area contributed by atoms with Crippen LogP contribution in [0.4, 0.5) is 5.69 Å². The number of hydrogen-bond acceptors (Lipinski definition) is 5. The van der Waals surface area contributed by atoms with Gasteiger partial charge in [-0.3, -0.25) is 4.79 Å². The van der Waals surface area contributed by atoms with Crippen LogP contribution in [0, 0.1) is 0 Å². The zero-order chi connectivity index (χ0) is 19.4. The van der Waals surface area contributed by atoms with E-state index in [1.807, 2.05) is 24.3 Å². The molecule has 1 aliphatic rings. The van der Waals surface area contributed by atoms with E-state index in [0.717, 1.165) is 11.1 Å². The predicted molar refractivity (Wildman–Crippen MR) is 99.4 cm³/mol. The van der Waals surface area contributed by atoms with Gasteiger partial charge in [-0.05, 0) is 42.7 Å². The molecule has 0 bridgehead atoms. The van der Waals surface area contributed by atoms with Crippen molar-refractivity contribution in [2.24, 2.45) is 0 Å². The van der Waals surface area contributed by atoms with Gasteiger partial charge in [0.15, 0.2) is 0 Å². The van der Waals surface area contributed by atoms with Crippen LogP contribution in [-0.4, -0.2) is 37.8 Å². The van der Waals surface area contributed by atoms with Gasteiger partial charge < -0.3 is 10.1 Å². The maximum absolute atomic E-state index is 13.0. The SMILES string of the molecule is CCOC(=O)C(=O)Nc1cccc(S(=O)(=O)N2CCc3ccccc3C2)c1. The number of nitrogens with one attached hydrogen (secondary N) is 1. The zero-order valence-electron chi connectivity index (χ0n) is 14.8. The predicted octanol–water partition coefficient (Wildman–Crippen LogP) is 1.94. The maximum atomic E-state index is 13.0. The lowest BCUT2D eigenvalue weighted by Gasteiger charge is -2.28. The number of sulfonamides is 1. The Morgan fingerprint density at radius 1 is 1.11 bits per heavy atom. The van der Waals surface area contributed by atoms with Crippen molar-refractivity contribution in [3.8, 4) is 0 Å². The normalized spacial score (nSPS) is 14.3. The molecule has 7 nitrogen and oxygen atoms in total. The number of esters is 1. The van der Waals surface area contributed by atoms with Crippen LogP contribution in [0.2, 0.25) is 0 Å². The molecule has 3 rings (SSSR count). The fraction of sp³-hybridized carbons (Fsp3) is 0.263. The standard InChI is InChI=1S/C19H20N2O5S/c1-2-26-19(23)18(22)20-16-8-5-9-17(12-16)27(24,25)21-11-10-14-6-3-4-7-15(14)13-21/h3-9,12H,2,10-11,13H2,1H3,(H,20,22). The van der Waals surface area contributed by atoms with Crippen molar-refractivity contribution in [1.29, 1.82) is 0 Å². The Balaban J connectivity index is 1.80. The summed E-state index contributed by atoms with van der Waals surface area (Å²) in [5, 5.41) is 2.36. The third-order valence-electron chi connectivity index (χ3n) is 4.29. The number of hydrogen-bond donors (Lipinski definition) is 1. The molecule has 2 aromatic carbocycles. The van der Waals surface area contributed by atoms with Gasteiger partial charge in [-0.1, -0.05) is 30.3 Å². The Morgan fingerprint density at radius 3 is 2.59 bits per heavy atom. The molecule has 142 valence electrons. The molecular weight excluding hydrogens is 368 g/mol. The number of carbonyl (C=O) groups is 2. The second-order valence-electron chi connectivity index (χ2n) is 6.06. The summed E-state index contributed by atoms with van der Waals surface area (Å²) in [6.45, 7) is 2.36. The van der Waals surface area contributed by atoms with Crippen LogP contribution in [0.1, 0.15) is 18.1 Å². The quantitative estimate of drug-likeness (QED) is 0.638. The summed E-state index contributed by atoms with van der Waals surface area (Å²) in [5.41, 5.74) is 2.35. The van der Waals surface area contributed by atoms with Crippen LogP contribution in [0.15, 0.2) is 53.4 Å². The van der Waals surface area contributed by atoms with E-state index in [0.29, 0.717) is 19.5 Å². The number of nitrogens with zero attached hydrogens (tertiary/aromatic N) is 1. The van der Waals surface area contributed by atoms with E-state index in [2.05, 4.69) is 10.1 Å². The fourth-order valence-corrected chi connectivity index (χ4v) is 4.40. The van der Waals surface area contributed by atoms with Crippen molar-refractivity contribution in [3.63, 3.8) is 0 Å². The molecule has 0 fully saturated rings. The van der Waals surface area contributed by atoms with Gasteiger partial charge in [-0.25, -0.2) is 13.2 Å². The molecule has 0 saturated carbocycles. The van der Waals surface area contributed by atoms with Crippen LogP contribution in [0.3, 0.4) is 0 Å². The molecule has 1 amide bonds. The van der Waals surface area contributed by atoms with E-state index in [9.17, 15) is 18.0 Å². The second-order valence-corrected chi connectivity index (χ2v) is 8.00. The molecule has 0 saturated heterocycles. The van der Waals surface area contributed by atoms with Crippen molar-refractivity contribution in [2.75, 3.05) is 18.5 Å². The number of carbonyl (C=O) groups excluding carboxylic acids is 2. The van der Waals surface area contributed by atoms with Crippen LogP contribution in [-0.2, 0) is 37.3 Å². The fourth-order valence-electron chi connectivity index (χ4n) is 2.94. The van der Waals surface area contributed by atoms with Gasteiger partial charge in [0.2, 0.25) is 10.0 Å². The zero-order valence-corrected chi connectivity index (χ0v) is 15.7. The average Bonchev–Trinajstić information content (AvgIpc) is 2.68. The summed E-state index contributed by atoms with van der Waals surface area (Å²) < 4.78 is 32.0. The Hall–Kier alpha value is -2.71. The summed E-state index contributed by atoms with van der Waals surface area (Å²) in [7, 11) is -3.73. The first kappa shape index (κ1) is 19.1. The molecule has 8 heteroatoms. The first-order valence-corrected chi connectivity index (χ1v) is 10.0. The van der Waals surface area contributed by atoms with E-state index in [-0.39, 0.29) is 17.2 Å². The van der Waals surface area contributed by atoms with Crippen molar-refractivity contribution < 1.29 is 22.7 Å². The molecule has 1 heterocycles. The lowest BCUT2D eigenvalue weighted by Crippen LogP contribution is -2.36. The van der Waals surface area contributed by atoms with E-state index in [1.165, 1.54) is 28.6 Å². The van der Waals surface area contributed by atoms with E-state index < -0.39 is 21.9 Å². The second kappa shape index (κ2) is 7.89. The third-order valence-corrected chi connectivity index (χ3v) is 6.13. The minimum atomic E-state index is -3.73. The minimum absolute atomic E-state index is 0.0588. The number of benzene rings is 2. The van der Waals surface area contributed by atoms with Crippen LogP contribution >= 0.6 is 0 Å². The van der Waals surface area contributed by atoms with Crippen molar-refractivity contribution in [3.05, 3.63) is 59.7 Å². The summed E-state index contributed by atoms with van der Waals surface area (Å²) in [6.07, 6.45) is 0.648. The van der Waals surface area contributed by atoms with Crippen molar-refractivity contribution >= 4 is 27.6 Å². The topological polar surface area (TPSA) is 92.8 Å². The number of rotatable bonds is 4. The van der Waals surface area contributed by atoms with Gasteiger partial charge in [-0.15, -0.1) is 0 Å². The molecule has 0 aromatic heterocycles. The Labute approximate surface area is 158 Å². The molecule has 2 aromatic rings. The van der Waals surface area contributed by atoms with Crippen molar-refractivity contribution in [1.82, 2.24) is 4.31 Å². The molecule has 0 unspecified atom stereocenters. The number of fused-ring (bicyclic) bond motifs is 1.